The van der Waals surface area contributed by atoms with Gasteiger partial charge in [0.1, 0.15) is 11.5 Å². The van der Waals surface area contributed by atoms with E-state index in [1.165, 1.54) is 0 Å². The van der Waals surface area contributed by atoms with Crippen LogP contribution in [0.3, 0.4) is 0 Å². The summed E-state index contributed by atoms with van der Waals surface area (Å²) in [6, 6.07) is 14.8. The van der Waals surface area contributed by atoms with Gasteiger partial charge in [-0.3, -0.25) is 4.98 Å². The molecule has 3 aromatic rings. The van der Waals surface area contributed by atoms with E-state index in [1.54, 1.807) is 24.4 Å². The molecule has 0 aliphatic rings. The van der Waals surface area contributed by atoms with Crippen LogP contribution in [-0.4, -0.2) is 10.1 Å². The lowest BCUT2D eigenvalue weighted by Crippen LogP contribution is -1.93. The average molecular weight is 286 g/mol. The van der Waals surface area contributed by atoms with Crippen molar-refractivity contribution >= 4 is 22.5 Å². The zero-order chi connectivity index (χ0) is 13.9. The third-order valence-electron chi connectivity index (χ3n) is 3.06. The summed E-state index contributed by atoms with van der Waals surface area (Å²) in [5.41, 5.74) is 1.44. The molecule has 0 unspecified atom stereocenters. The first kappa shape index (κ1) is 12.9. The van der Waals surface area contributed by atoms with Crippen molar-refractivity contribution in [2.24, 2.45) is 0 Å². The van der Waals surface area contributed by atoms with Gasteiger partial charge in [-0.05, 0) is 36.4 Å². The second kappa shape index (κ2) is 5.49. The normalized spacial score (nSPS) is 10.7. The van der Waals surface area contributed by atoms with E-state index < -0.39 is 0 Å². The molecular formula is C16H12ClNO2. The Labute approximate surface area is 121 Å². The molecule has 1 aromatic heterocycles. The Hall–Kier alpha value is -2.10. The van der Waals surface area contributed by atoms with Gasteiger partial charge in [0.15, 0.2) is 0 Å². The van der Waals surface area contributed by atoms with Crippen LogP contribution < -0.4 is 4.74 Å². The highest BCUT2D eigenvalue weighted by atomic mass is 35.5. The van der Waals surface area contributed by atoms with E-state index in [0.717, 1.165) is 10.9 Å². The molecule has 2 aromatic carbocycles. The fraction of sp³-hybridized carbons (Fsp3) is 0.0625. The molecule has 1 N–H and O–H groups in total. The number of pyridine rings is 1. The Kier molecular flexibility index (Phi) is 3.54. The number of hydrogen-bond donors (Lipinski definition) is 1. The first-order valence-corrected chi connectivity index (χ1v) is 6.57. The second-order valence-corrected chi connectivity index (χ2v) is 4.71. The Morgan fingerprint density at radius 3 is 2.65 bits per heavy atom. The van der Waals surface area contributed by atoms with Crippen LogP contribution in [0.1, 0.15) is 5.56 Å². The largest absolute Gasteiger partial charge is 0.456 e. The number of fused-ring (bicyclic) bond motifs is 1. The molecule has 4 heteroatoms. The minimum Gasteiger partial charge on any atom is -0.456 e. The van der Waals surface area contributed by atoms with Crippen LogP contribution >= 0.6 is 11.6 Å². The summed E-state index contributed by atoms with van der Waals surface area (Å²) in [4.78, 5) is 4.29. The number of aliphatic hydroxyl groups excluding tert-OH is 1. The molecule has 0 atom stereocenters. The summed E-state index contributed by atoms with van der Waals surface area (Å²) >= 11 is 6.06. The van der Waals surface area contributed by atoms with Crippen molar-refractivity contribution in [3.05, 3.63) is 65.3 Å². The van der Waals surface area contributed by atoms with Crippen molar-refractivity contribution in [2.75, 3.05) is 0 Å². The van der Waals surface area contributed by atoms with E-state index in [9.17, 15) is 5.11 Å². The van der Waals surface area contributed by atoms with Crippen molar-refractivity contribution in [1.29, 1.82) is 0 Å². The summed E-state index contributed by atoms with van der Waals surface area (Å²) in [6.07, 6.45) is 1.74. The van der Waals surface area contributed by atoms with E-state index in [1.807, 2.05) is 30.3 Å². The maximum Gasteiger partial charge on any atom is 0.136 e. The Bertz CT molecular complexity index is 753. The van der Waals surface area contributed by atoms with E-state index in [0.29, 0.717) is 22.1 Å². The molecular weight excluding hydrogens is 274 g/mol. The summed E-state index contributed by atoms with van der Waals surface area (Å²) in [7, 11) is 0. The molecule has 3 rings (SSSR count). The zero-order valence-electron chi connectivity index (χ0n) is 10.6. The predicted octanol–water partition coefficient (Wildman–Crippen LogP) is 4.17. The summed E-state index contributed by atoms with van der Waals surface area (Å²) in [5.74, 6) is 1.24. The monoisotopic (exact) mass is 285 g/mol. The second-order valence-electron chi connectivity index (χ2n) is 4.30. The van der Waals surface area contributed by atoms with Gasteiger partial charge in [-0.2, -0.15) is 0 Å². The molecule has 3 nitrogen and oxygen atoms in total. The van der Waals surface area contributed by atoms with Gasteiger partial charge in [0.2, 0.25) is 0 Å². The first-order chi connectivity index (χ1) is 9.79. The van der Waals surface area contributed by atoms with E-state index >= 15 is 0 Å². The molecule has 20 heavy (non-hydrogen) atoms. The van der Waals surface area contributed by atoms with Crippen molar-refractivity contribution in [3.63, 3.8) is 0 Å². The fourth-order valence-corrected chi connectivity index (χ4v) is 2.30. The number of aromatic nitrogens is 1. The van der Waals surface area contributed by atoms with E-state index in [2.05, 4.69) is 4.98 Å². The highest BCUT2D eigenvalue weighted by molar-refractivity contribution is 6.31. The average Bonchev–Trinajstić information content (AvgIpc) is 2.48. The van der Waals surface area contributed by atoms with Gasteiger partial charge in [-0.25, -0.2) is 0 Å². The molecule has 0 aliphatic heterocycles. The number of ether oxygens (including phenoxy) is 1. The van der Waals surface area contributed by atoms with Gasteiger partial charge < -0.3 is 9.84 Å². The maximum atomic E-state index is 9.41. The maximum absolute atomic E-state index is 9.41. The standard InChI is InChI=1S/C16H12ClNO2/c17-13-5-1-7-16(12(13)10-19)20-15-8-2-6-14-11(15)4-3-9-18-14/h1-9,19H,10H2. The van der Waals surface area contributed by atoms with Crippen molar-refractivity contribution in [2.45, 2.75) is 6.61 Å². The Morgan fingerprint density at radius 2 is 1.80 bits per heavy atom. The molecule has 0 saturated heterocycles. The third-order valence-corrected chi connectivity index (χ3v) is 3.41. The van der Waals surface area contributed by atoms with Gasteiger partial charge in [-0.1, -0.05) is 23.7 Å². The minimum absolute atomic E-state index is 0.169. The SMILES string of the molecule is OCc1c(Cl)cccc1Oc1cccc2ncccc12. The molecule has 0 radical (unpaired) electrons. The van der Waals surface area contributed by atoms with Crippen LogP contribution in [-0.2, 0) is 6.61 Å². The Morgan fingerprint density at radius 1 is 1.00 bits per heavy atom. The smallest absolute Gasteiger partial charge is 0.136 e. The van der Waals surface area contributed by atoms with Crippen LogP contribution in [0.25, 0.3) is 10.9 Å². The predicted molar refractivity (Wildman–Crippen MR) is 79.2 cm³/mol. The van der Waals surface area contributed by atoms with E-state index in [-0.39, 0.29) is 6.61 Å². The summed E-state index contributed by atoms with van der Waals surface area (Å²) in [5, 5.41) is 10.8. The van der Waals surface area contributed by atoms with Crippen molar-refractivity contribution in [1.82, 2.24) is 4.98 Å². The number of hydrogen-bond acceptors (Lipinski definition) is 3. The van der Waals surface area contributed by atoms with E-state index in [4.69, 9.17) is 16.3 Å². The number of nitrogens with zero attached hydrogens (tertiary/aromatic N) is 1. The highest BCUT2D eigenvalue weighted by Gasteiger charge is 2.10. The van der Waals surface area contributed by atoms with Crippen LogP contribution in [0.4, 0.5) is 0 Å². The van der Waals surface area contributed by atoms with Gasteiger partial charge in [0, 0.05) is 22.2 Å². The molecule has 100 valence electrons. The summed E-state index contributed by atoms with van der Waals surface area (Å²) in [6.45, 7) is -0.169. The van der Waals surface area contributed by atoms with Crippen molar-refractivity contribution in [3.8, 4) is 11.5 Å². The van der Waals surface area contributed by atoms with Crippen LogP contribution in [0.5, 0.6) is 11.5 Å². The topological polar surface area (TPSA) is 42.4 Å². The molecule has 0 spiro atoms. The van der Waals surface area contributed by atoms with Crippen LogP contribution in [0.15, 0.2) is 54.7 Å². The molecule has 1 heterocycles. The highest BCUT2D eigenvalue weighted by Crippen LogP contribution is 2.33. The van der Waals surface area contributed by atoms with Gasteiger partial charge in [-0.15, -0.1) is 0 Å². The van der Waals surface area contributed by atoms with Crippen LogP contribution in [0, 0.1) is 0 Å². The van der Waals surface area contributed by atoms with Crippen molar-refractivity contribution < 1.29 is 9.84 Å². The molecule has 0 amide bonds. The quantitative estimate of drug-likeness (QED) is 0.785. The number of rotatable bonds is 3. The lowest BCUT2D eigenvalue weighted by Gasteiger charge is -2.12. The molecule has 0 fully saturated rings. The number of benzene rings is 2. The third kappa shape index (κ3) is 2.33. The molecule has 0 bridgehead atoms. The zero-order valence-corrected chi connectivity index (χ0v) is 11.3. The van der Waals surface area contributed by atoms with Crippen LogP contribution in [0.2, 0.25) is 5.02 Å². The van der Waals surface area contributed by atoms with Gasteiger partial charge in [0.25, 0.3) is 0 Å². The Balaban J connectivity index is 2.08. The summed E-state index contributed by atoms with van der Waals surface area (Å²) < 4.78 is 5.91. The van der Waals surface area contributed by atoms with Gasteiger partial charge >= 0.3 is 0 Å². The van der Waals surface area contributed by atoms with Gasteiger partial charge in [0.05, 0.1) is 12.1 Å². The minimum atomic E-state index is -0.169. The number of aliphatic hydroxyl groups is 1. The molecule has 0 aliphatic carbocycles. The number of halogens is 1. The molecule has 0 saturated carbocycles. The lowest BCUT2D eigenvalue weighted by molar-refractivity contribution is 0.277. The lowest BCUT2D eigenvalue weighted by atomic mass is 10.2. The first-order valence-electron chi connectivity index (χ1n) is 6.19. The fourth-order valence-electron chi connectivity index (χ4n) is 2.07.